The Morgan fingerprint density at radius 1 is 1.29 bits per heavy atom. The van der Waals surface area contributed by atoms with E-state index in [1.807, 2.05) is 32.6 Å². The second-order valence-electron chi connectivity index (χ2n) is 8.75. The van der Waals surface area contributed by atoms with Crippen molar-refractivity contribution in [2.45, 2.75) is 63.4 Å². The fraction of sp³-hybridized carbons (Fsp3) is 0.600. The zero-order valence-electron chi connectivity index (χ0n) is 17.9. The van der Waals surface area contributed by atoms with Crippen LogP contribution in [0.2, 0.25) is 5.15 Å². The number of aromatic amines is 1. The number of H-pyrrole nitrogens is 1. The van der Waals surface area contributed by atoms with Gasteiger partial charge in [0.25, 0.3) is 5.56 Å². The lowest BCUT2D eigenvalue weighted by molar-refractivity contribution is 0.0123. The zero-order valence-corrected chi connectivity index (χ0v) is 19.4. The van der Waals surface area contributed by atoms with Gasteiger partial charge in [-0.15, -0.1) is 0 Å². The van der Waals surface area contributed by atoms with Crippen molar-refractivity contribution in [3.05, 3.63) is 21.3 Å². The molecule has 8 nitrogen and oxygen atoms in total. The second-order valence-corrected chi connectivity index (χ2v) is 10.4. The number of carbonyl (C=O) groups excluding carboxylic acids is 1. The van der Waals surface area contributed by atoms with Gasteiger partial charge in [0, 0.05) is 13.1 Å². The number of anilines is 1. The molecule has 1 N–H and O–H groups in total. The van der Waals surface area contributed by atoms with Crippen LogP contribution < -0.4 is 10.5 Å². The van der Waals surface area contributed by atoms with E-state index >= 15 is 0 Å². The van der Waals surface area contributed by atoms with Crippen LogP contribution in [0.15, 0.2) is 9.95 Å². The lowest BCUT2D eigenvalue weighted by atomic mass is 10.1. The molecule has 31 heavy (non-hydrogen) atoms. The van der Waals surface area contributed by atoms with Gasteiger partial charge in [0.1, 0.15) is 27.5 Å². The monoisotopic (exact) mass is 469 g/mol. The summed E-state index contributed by atoms with van der Waals surface area (Å²) in [5.74, 6) is 0.299. The summed E-state index contributed by atoms with van der Waals surface area (Å²) in [7, 11) is 0. The molecule has 2 aliphatic rings. The van der Waals surface area contributed by atoms with Gasteiger partial charge < -0.3 is 14.6 Å². The molecule has 2 unspecified atom stereocenters. The van der Waals surface area contributed by atoms with E-state index in [1.54, 1.807) is 4.90 Å². The summed E-state index contributed by atoms with van der Waals surface area (Å²) in [5, 5.41) is 0.0874. The summed E-state index contributed by atoms with van der Waals surface area (Å²) in [5.41, 5.74) is -1.20. The van der Waals surface area contributed by atoms with Gasteiger partial charge in [-0.1, -0.05) is 30.3 Å². The molecule has 2 aromatic heterocycles. The molecule has 1 amide bonds. The Kier molecular flexibility index (Phi) is 5.80. The van der Waals surface area contributed by atoms with Gasteiger partial charge in [-0.3, -0.25) is 9.69 Å². The summed E-state index contributed by atoms with van der Waals surface area (Å²) in [4.78, 5) is 40.3. The molecule has 2 atom stereocenters. The molecule has 0 aliphatic carbocycles. The number of piperazine rings is 1. The van der Waals surface area contributed by atoms with Crippen LogP contribution in [0.3, 0.4) is 0 Å². The Hall–Kier alpha value is -2.07. The molecule has 4 heterocycles. The number of ether oxygens (including phenoxy) is 1. The van der Waals surface area contributed by atoms with E-state index in [9.17, 15) is 14.0 Å². The number of nitrogens with zero attached hydrogens (tertiary/aromatic N) is 4. The Morgan fingerprint density at radius 2 is 1.94 bits per heavy atom. The number of thioether (sulfide) groups is 1. The highest BCUT2D eigenvalue weighted by Crippen LogP contribution is 2.36. The topological polar surface area (TPSA) is 91.4 Å². The van der Waals surface area contributed by atoms with Crippen molar-refractivity contribution in [2.75, 3.05) is 23.7 Å². The van der Waals surface area contributed by atoms with Crippen LogP contribution in [0, 0.1) is 5.82 Å². The fourth-order valence-corrected chi connectivity index (χ4v) is 4.97. The number of amides is 1. The van der Waals surface area contributed by atoms with Gasteiger partial charge in [-0.2, -0.15) is 0 Å². The summed E-state index contributed by atoms with van der Waals surface area (Å²) in [6.45, 7) is 8.42. The average molecular weight is 470 g/mol. The number of carbonyl (C=O) groups is 1. The summed E-state index contributed by atoms with van der Waals surface area (Å²) < 4.78 is 20.3. The van der Waals surface area contributed by atoms with Crippen LogP contribution in [-0.2, 0) is 4.74 Å². The number of fused-ring (bicyclic) bond motifs is 3. The average Bonchev–Trinajstić information content (AvgIpc) is 2.94. The number of rotatable bonds is 3. The number of hydrogen-bond acceptors (Lipinski definition) is 7. The van der Waals surface area contributed by atoms with Crippen molar-refractivity contribution < 1.29 is 13.9 Å². The molecule has 0 radical (unpaired) electrons. The maximum absolute atomic E-state index is 14.7. The Morgan fingerprint density at radius 3 is 2.52 bits per heavy atom. The molecule has 0 aromatic carbocycles. The minimum absolute atomic E-state index is 0.0721. The maximum atomic E-state index is 14.7. The first-order chi connectivity index (χ1) is 14.6. The molecule has 2 aromatic rings. The largest absolute Gasteiger partial charge is 0.444 e. The predicted octanol–water partition coefficient (Wildman–Crippen LogP) is 3.81. The highest BCUT2D eigenvalue weighted by Gasteiger charge is 2.45. The minimum atomic E-state index is -0.770. The van der Waals surface area contributed by atoms with Crippen molar-refractivity contribution in [2.24, 2.45) is 0 Å². The molecule has 2 fully saturated rings. The van der Waals surface area contributed by atoms with Crippen LogP contribution in [0.5, 0.6) is 0 Å². The van der Waals surface area contributed by atoms with Gasteiger partial charge in [-0.25, -0.2) is 19.2 Å². The van der Waals surface area contributed by atoms with Crippen LogP contribution in [-0.4, -0.2) is 62.5 Å². The van der Waals surface area contributed by atoms with Crippen molar-refractivity contribution in [1.82, 2.24) is 19.9 Å². The third-order valence-electron chi connectivity index (χ3n) is 5.38. The number of hydrogen-bond donors (Lipinski definition) is 1. The molecular weight excluding hydrogens is 445 g/mol. The van der Waals surface area contributed by atoms with E-state index < -0.39 is 17.0 Å². The van der Waals surface area contributed by atoms with E-state index in [0.717, 1.165) is 12.8 Å². The van der Waals surface area contributed by atoms with Gasteiger partial charge in [0.2, 0.25) is 0 Å². The quantitative estimate of drug-likeness (QED) is 0.415. The molecule has 4 rings (SSSR count). The number of aromatic nitrogens is 3. The fourth-order valence-electron chi connectivity index (χ4n) is 4.23. The predicted molar refractivity (Wildman–Crippen MR) is 119 cm³/mol. The van der Waals surface area contributed by atoms with Crippen molar-refractivity contribution >= 4 is 46.2 Å². The molecular formula is C20H25ClFN5O3S. The lowest BCUT2D eigenvalue weighted by Gasteiger charge is -2.42. The van der Waals surface area contributed by atoms with E-state index in [0.29, 0.717) is 29.8 Å². The van der Waals surface area contributed by atoms with Crippen LogP contribution >= 0.6 is 23.4 Å². The number of nitrogens with one attached hydrogen (secondary N) is 1. The number of pyridine rings is 1. The first-order valence-electron chi connectivity index (χ1n) is 10.3. The SMILES string of the molecule is CCSc1nc(N2CC3CCC(C2)N3C(=O)OC(C)(C)C)c2c(=O)[nH]c(Cl)c(F)c2n1. The zero-order chi connectivity index (χ0) is 22.5. The highest BCUT2D eigenvalue weighted by atomic mass is 35.5. The van der Waals surface area contributed by atoms with Crippen molar-refractivity contribution in [1.29, 1.82) is 0 Å². The van der Waals surface area contributed by atoms with E-state index in [2.05, 4.69) is 15.0 Å². The summed E-state index contributed by atoms with van der Waals surface area (Å²) >= 11 is 7.22. The molecule has 11 heteroatoms. The summed E-state index contributed by atoms with van der Waals surface area (Å²) in [6, 6.07) is -0.144. The third-order valence-corrected chi connectivity index (χ3v) is 6.37. The second kappa shape index (κ2) is 8.12. The Labute approximate surface area is 188 Å². The minimum Gasteiger partial charge on any atom is -0.444 e. The Bertz CT molecular complexity index is 1080. The Balaban J connectivity index is 1.73. The molecule has 2 saturated heterocycles. The van der Waals surface area contributed by atoms with Gasteiger partial charge in [0.05, 0.1) is 12.1 Å². The van der Waals surface area contributed by atoms with Gasteiger partial charge in [-0.05, 0) is 39.4 Å². The molecule has 168 valence electrons. The molecule has 0 spiro atoms. The molecule has 2 bridgehead atoms. The van der Waals surface area contributed by atoms with E-state index in [4.69, 9.17) is 16.3 Å². The highest BCUT2D eigenvalue weighted by molar-refractivity contribution is 7.99. The number of halogens is 2. The maximum Gasteiger partial charge on any atom is 0.410 e. The van der Waals surface area contributed by atoms with E-state index in [-0.39, 0.29) is 34.2 Å². The third kappa shape index (κ3) is 4.19. The summed E-state index contributed by atoms with van der Waals surface area (Å²) in [6.07, 6.45) is 1.33. The van der Waals surface area contributed by atoms with Gasteiger partial charge >= 0.3 is 6.09 Å². The van der Waals surface area contributed by atoms with Crippen molar-refractivity contribution in [3.63, 3.8) is 0 Å². The lowest BCUT2D eigenvalue weighted by Crippen LogP contribution is -2.57. The van der Waals surface area contributed by atoms with Crippen LogP contribution in [0.1, 0.15) is 40.5 Å². The smallest absolute Gasteiger partial charge is 0.410 e. The van der Waals surface area contributed by atoms with Crippen LogP contribution in [0.25, 0.3) is 10.9 Å². The standard InChI is InChI=1S/C20H25ClFN5O3S/c1-5-31-18-23-14-12(17(28)24-15(21)13(14)22)16(25-18)26-8-10-6-7-11(9-26)27(10)19(29)30-20(2,3)4/h10-11H,5-9H2,1-4H3,(H,24,28). The van der Waals surface area contributed by atoms with Crippen molar-refractivity contribution in [3.8, 4) is 0 Å². The van der Waals surface area contributed by atoms with E-state index in [1.165, 1.54) is 11.8 Å². The molecule has 2 aliphatic heterocycles. The van der Waals surface area contributed by atoms with Crippen LogP contribution in [0.4, 0.5) is 15.0 Å². The normalized spacial score (nSPS) is 21.1. The molecule has 0 saturated carbocycles. The first kappa shape index (κ1) is 22.1. The van der Waals surface area contributed by atoms with Gasteiger partial charge in [0.15, 0.2) is 11.0 Å². The first-order valence-corrected chi connectivity index (χ1v) is 11.6.